The van der Waals surface area contributed by atoms with Crippen molar-refractivity contribution in [2.24, 2.45) is 0 Å². The lowest BCUT2D eigenvalue weighted by atomic mass is 10.2. The highest BCUT2D eigenvalue weighted by Crippen LogP contribution is 2.36. The molecule has 0 radical (unpaired) electrons. The van der Waals surface area contributed by atoms with Crippen LogP contribution >= 0.6 is 15.9 Å². The van der Waals surface area contributed by atoms with Crippen molar-refractivity contribution in [3.05, 3.63) is 22.2 Å². The molecule has 5 heteroatoms. The van der Waals surface area contributed by atoms with Crippen LogP contribution in [0.1, 0.15) is 26.3 Å². The summed E-state index contributed by atoms with van der Waals surface area (Å²) in [6.45, 7) is 7.79. The van der Waals surface area contributed by atoms with Gasteiger partial charge in [-0.05, 0) is 40.5 Å². The summed E-state index contributed by atoms with van der Waals surface area (Å²) in [5.74, 6) is 1.37. The number of halogens is 1. The average molecular weight is 332 g/mol. The average Bonchev–Trinajstić information content (AvgIpc) is 2.38. The lowest BCUT2D eigenvalue weighted by molar-refractivity contribution is 0.0204. The molecule has 1 aromatic rings. The molecule has 1 rings (SSSR count). The molecule has 0 atom stereocenters. The smallest absolute Gasteiger partial charge is 0.189 e. The number of hydrogen-bond donors (Lipinski definition) is 1. The van der Waals surface area contributed by atoms with E-state index in [1.807, 2.05) is 19.1 Å². The maximum absolute atomic E-state index is 5.57. The first-order valence-electron chi connectivity index (χ1n) is 6.38. The molecule has 0 amide bonds. The van der Waals surface area contributed by atoms with E-state index < -0.39 is 0 Å². The molecule has 4 nitrogen and oxygen atoms in total. The highest BCUT2D eigenvalue weighted by atomic mass is 79.9. The van der Waals surface area contributed by atoms with E-state index in [0.29, 0.717) is 24.1 Å². The molecule has 1 N–H and O–H groups in total. The monoisotopic (exact) mass is 331 g/mol. The Balaban J connectivity index is 2.81. The van der Waals surface area contributed by atoms with Gasteiger partial charge in [0.2, 0.25) is 0 Å². The van der Waals surface area contributed by atoms with Crippen molar-refractivity contribution < 1.29 is 14.2 Å². The van der Waals surface area contributed by atoms with Crippen LogP contribution in [0.15, 0.2) is 16.6 Å². The van der Waals surface area contributed by atoms with Gasteiger partial charge in [-0.2, -0.15) is 0 Å². The first-order chi connectivity index (χ1) is 9.08. The predicted molar refractivity (Wildman–Crippen MR) is 79.8 cm³/mol. The largest absolute Gasteiger partial charge is 0.493 e. The molecule has 1 aromatic carbocycles. The fraction of sp³-hybridized carbons (Fsp3) is 0.571. The molecule has 0 saturated carbocycles. The normalized spacial score (nSPS) is 10.8. The van der Waals surface area contributed by atoms with Gasteiger partial charge in [-0.1, -0.05) is 13.8 Å². The zero-order valence-corrected chi connectivity index (χ0v) is 13.5. The van der Waals surface area contributed by atoms with Crippen LogP contribution in [0, 0.1) is 0 Å². The maximum Gasteiger partial charge on any atom is 0.189 e. The number of ether oxygens (including phenoxy) is 3. The number of methoxy groups -OCH3 is 1. The Morgan fingerprint density at radius 2 is 2.05 bits per heavy atom. The number of benzene rings is 1. The molecule has 0 aromatic heterocycles. The van der Waals surface area contributed by atoms with E-state index in [1.54, 1.807) is 7.11 Å². The molecule has 0 spiro atoms. The summed E-state index contributed by atoms with van der Waals surface area (Å²) < 4.78 is 17.0. The van der Waals surface area contributed by atoms with Gasteiger partial charge in [-0.3, -0.25) is 0 Å². The van der Waals surface area contributed by atoms with Gasteiger partial charge in [0.05, 0.1) is 11.6 Å². The highest BCUT2D eigenvalue weighted by Gasteiger charge is 2.11. The van der Waals surface area contributed by atoms with Gasteiger partial charge in [-0.25, -0.2) is 0 Å². The number of rotatable bonds is 8. The summed E-state index contributed by atoms with van der Waals surface area (Å²) in [6.07, 6.45) is 0. The van der Waals surface area contributed by atoms with Gasteiger partial charge >= 0.3 is 0 Å². The van der Waals surface area contributed by atoms with Gasteiger partial charge in [0, 0.05) is 19.2 Å². The van der Waals surface area contributed by atoms with Crippen LogP contribution in [-0.4, -0.2) is 26.6 Å². The van der Waals surface area contributed by atoms with Gasteiger partial charge in [-0.15, -0.1) is 0 Å². The molecule has 0 saturated heterocycles. The minimum atomic E-state index is 0.217. The predicted octanol–water partition coefficient (Wildman–Crippen LogP) is 3.33. The van der Waals surface area contributed by atoms with Gasteiger partial charge in [0.15, 0.2) is 18.3 Å². The van der Waals surface area contributed by atoms with Gasteiger partial charge in [0.25, 0.3) is 0 Å². The Morgan fingerprint density at radius 1 is 1.32 bits per heavy atom. The fourth-order valence-corrected chi connectivity index (χ4v) is 2.13. The maximum atomic E-state index is 5.57. The van der Waals surface area contributed by atoms with Crippen LogP contribution in [0.25, 0.3) is 0 Å². The quantitative estimate of drug-likeness (QED) is 0.586. The molecule has 0 unspecified atom stereocenters. The van der Waals surface area contributed by atoms with Crippen molar-refractivity contribution in [3.63, 3.8) is 0 Å². The van der Waals surface area contributed by atoms with E-state index in [-0.39, 0.29) is 6.79 Å². The molecule has 108 valence electrons. The first kappa shape index (κ1) is 16.3. The minimum absolute atomic E-state index is 0.217. The number of nitrogens with one attached hydrogen (secondary N) is 1. The van der Waals surface area contributed by atoms with Crippen molar-refractivity contribution >= 4 is 15.9 Å². The van der Waals surface area contributed by atoms with E-state index in [9.17, 15) is 0 Å². The summed E-state index contributed by atoms with van der Waals surface area (Å²) >= 11 is 3.51. The standard InChI is InChI=1S/C14H22BrNO3/c1-5-18-9-19-14-12(15)6-11(7-13(14)17-4)8-16-10(2)3/h6-7,10,16H,5,8-9H2,1-4H3. The van der Waals surface area contributed by atoms with Crippen LogP contribution in [0.3, 0.4) is 0 Å². The molecule has 0 fully saturated rings. The second-order valence-electron chi connectivity index (χ2n) is 4.40. The Hall–Kier alpha value is -0.780. The van der Waals surface area contributed by atoms with Crippen molar-refractivity contribution in [1.82, 2.24) is 5.32 Å². The molecule has 0 heterocycles. The Kier molecular flexibility index (Phi) is 7.20. The van der Waals surface area contributed by atoms with Crippen LogP contribution in [-0.2, 0) is 11.3 Å². The molecule has 0 aliphatic heterocycles. The van der Waals surface area contributed by atoms with E-state index in [1.165, 1.54) is 0 Å². The third kappa shape index (κ3) is 5.38. The summed E-state index contributed by atoms with van der Waals surface area (Å²) in [7, 11) is 1.63. The zero-order valence-electron chi connectivity index (χ0n) is 12.0. The van der Waals surface area contributed by atoms with Crippen LogP contribution in [0.4, 0.5) is 0 Å². The lowest BCUT2D eigenvalue weighted by Gasteiger charge is -2.15. The summed E-state index contributed by atoms with van der Waals surface area (Å²) in [5, 5.41) is 3.37. The van der Waals surface area contributed by atoms with Crippen molar-refractivity contribution in [3.8, 4) is 11.5 Å². The van der Waals surface area contributed by atoms with Gasteiger partial charge in [0.1, 0.15) is 0 Å². The van der Waals surface area contributed by atoms with Crippen molar-refractivity contribution in [2.75, 3.05) is 20.5 Å². The Labute approximate surface area is 123 Å². The minimum Gasteiger partial charge on any atom is -0.493 e. The lowest BCUT2D eigenvalue weighted by Crippen LogP contribution is -2.21. The van der Waals surface area contributed by atoms with E-state index in [0.717, 1.165) is 16.6 Å². The molecular formula is C14H22BrNO3. The SMILES string of the molecule is CCOCOc1c(Br)cc(CNC(C)C)cc1OC. The molecule has 19 heavy (non-hydrogen) atoms. The van der Waals surface area contributed by atoms with Crippen LogP contribution in [0.2, 0.25) is 0 Å². The zero-order chi connectivity index (χ0) is 14.3. The van der Waals surface area contributed by atoms with Crippen LogP contribution < -0.4 is 14.8 Å². The van der Waals surface area contributed by atoms with Crippen molar-refractivity contribution in [1.29, 1.82) is 0 Å². The summed E-state index contributed by atoms with van der Waals surface area (Å²) in [6, 6.07) is 4.44. The number of hydrogen-bond acceptors (Lipinski definition) is 4. The second kappa shape index (κ2) is 8.40. The topological polar surface area (TPSA) is 39.7 Å². The third-order valence-corrected chi connectivity index (χ3v) is 3.08. The molecule has 0 bridgehead atoms. The third-order valence-electron chi connectivity index (χ3n) is 2.49. The van der Waals surface area contributed by atoms with Crippen LogP contribution in [0.5, 0.6) is 11.5 Å². The first-order valence-corrected chi connectivity index (χ1v) is 7.18. The Bertz CT molecular complexity index is 397. The Morgan fingerprint density at radius 3 is 2.63 bits per heavy atom. The van der Waals surface area contributed by atoms with E-state index >= 15 is 0 Å². The van der Waals surface area contributed by atoms with E-state index in [2.05, 4.69) is 35.1 Å². The van der Waals surface area contributed by atoms with E-state index in [4.69, 9.17) is 14.2 Å². The molecule has 0 aliphatic rings. The van der Waals surface area contributed by atoms with Gasteiger partial charge < -0.3 is 19.5 Å². The summed E-state index contributed by atoms with van der Waals surface area (Å²) in [4.78, 5) is 0. The molecule has 0 aliphatic carbocycles. The summed E-state index contributed by atoms with van der Waals surface area (Å²) in [5.41, 5.74) is 1.14. The fourth-order valence-electron chi connectivity index (χ4n) is 1.52. The highest BCUT2D eigenvalue weighted by molar-refractivity contribution is 9.10. The van der Waals surface area contributed by atoms with Crippen molar-refractivity contribution in [2.45, 2.75) is 33.4 Å². The second-order valence-corrected chi connectivity index (χ2v) is 5.25. The molecular weight excluding hydrogens is 310 g/mol.